The molecule has 0 bridgehead atoms. The Labute approximate surface area is 145 Å². The molecule has 0 aliphatic heterocycles. The average Bonchev–Trinajstić information content (AvgIpc) is 2.64. The lowest BCUT2D eigenvalue weighted by molar-refractivity contribution is -0.385. The van der Waals surface area contributed by atoms with E-state index in [2.05, 4.69) is 6.07 Å². The molecule has 0 saturated carbocycles. The summed E-state index contributed by atoms with van der Waals surface area (Å²) < 4.78 is 20.8. The van der Waals surface area contributed by atoms with Gasteiger partial charge >= 0.3 is 5.69 Å². The molecule has 0 spiro atoms. The molecule has 2 aromatic rings. The van der Waals surface area contributed by atoms with Crippen molar-refractivity contribution in [3.8, 4) is 23.0 Å². The number of rotatable bonds is 7. The van der Waals surface area contributed by atoms with Gasteiger partial charge in [0, 0.05) is 12.1 Å². The summed E-state index contributed by atoms with van der Waals surface area (Å²) in [4.78, 5) is 10.6. The molecule has 2 rings (SSSR count). The van der Waals surface area contributed by atoms with Crippen LogP contribution in [0.5, 0.6) is 23.0 Å². The Balaban J connectivity index is 2.39. The Hall–Kier alpha value is -3.22. The molecule has 0 heterocycles. The molecule has 0 amide bonds. The smallest absolute Gasteiger partial charge is 0.312 e. The van der Waals surface area contributed by atoms with Crippen LogP contribution < -0.4 is 18.9 Å². The Bertz CT molecular complexity index is 775. The third-order valence-corrected chi connectivity index (χ3v) is 3.46. The topological polar surface area (TPSA) is 80.1 Å². The van der Waals surface area contributed by atoms with E-state index in [1.807, 2.05) is 0 Å². The second-order valence-electron chi connectivity index (χ2n) is 4.90. The molecule has 0 N–H and O–H groups in total. The van der Waals surface area contributed by atoms with E-state index in [1.54, 1.807) is 30.4 Å². The number of nitro benzene ring substituents is 1. The maximum atomic E-state index is 11.1. The van der Waals surface area contributed by atoms with Crippen LogP contribution in [0, 0.1) is 16.2 Å². The van der Waals surface area contributed by atoms with Crippen LogP contribution in [0.15, 0.2) is 24.3 Å². The zero-order chi connectivity index (χ0) is 18.4. The van der Waals surface area contributed by atoms with Crippen molar-refractivity contribution in [1.29, 1.82) is 0 Å². The fraction of sp³-hybridized carbons (Fsp3) is 0.222. The zero-order valence-electron chi connectivity index (χ0n) is 14.4. The first-order valence-corrected chi connectivity index (χ1v) is 7.26. The van der Waals surface area contributed by atoms with Crippen molar-refractivity contribution < 1.29 is 23.9 Å². The van der Waals surface area contributed by atoms with Gasteiger partial charge in [-0.15, -0.1) is 0 Å². The van der Waals surface area contributed by atoms with E-state index in [0.29, 0.717) is 22.8 Å². The van der Waals surface area contributed by atoms with Crippen molar-refractivity contribution in [3.05, 3.63) is 51.6 Å². The van der Waals surface area contributed by atoms with E-state index in [-0.39, 0.29) is 11.4 Å². The Kier molecular flexibility index (Phi) is 5.84. The van der Waals surface area contributed by atoms with Crippen molar-refractivity contribution >= 4 is 17.8 Å². The second-order valence-corrected chi connectivity index (χ2v) is 4.90. The van der Waals surface area contributed by atoms with Gasteiger partial charge in [0.25, 0.3) is 0 Å². The molecule has 25 heavy (non-hydrogen) atoms. The van der Waals surface area contributed by atoms with E-state index in [9.17, 15) is 10.1 Å². The van der Waals surface area contributed by atoms with E-state index in [1.165, 1.54) is 34.5 Å². The fourth-order valence-electron chi connectivity index (χ4n) is 2.27. The molecule has 0 unspecified atom stereocenters. The van der Waals surface area contributed by atoms with Crippen LogP contribution in [-0.4, -0.2) is 33.4 Å². The van der Waals surface area contributed by atoms with Gasteiger partial charge in [0.2, 0.25) is 11.5 Å². The summed E-state index contributed by atoms with van der Waals surface area (Å²) in [5, 5.41) is 11.1. The van der Waals surface area contributed by atoms with Gasteiger partial charge in [0.1, 0.15) is 0 Å². The standard InChI is InChI=1S/C18H18NO6/c1-22-15-8-7-12(9-14(15)19(20)21)5-6-13-10-16(23-2)18(25-4)17(11-13)24-3/h5-7,9-11H,1-4H3/b6-5+. The van der Waals surface area contributed by atoms with Crippen molar-refractivity contribution in [2.24, 2.45) is 0 Å². The lowest BCUT2D eigenvalue weighted by Crippen LogP contribution is -1.95. The monoisotopic (exact) mass is 344 g/mol. The Morgan fingerprint density at radius 3 is 2.00 bits per heavy atom. The van der Waals surface area contributed by atoms with Crippen LogP contribution in [0.25, 0.3) is 12.2 Å². The minimum atomic E-state index is -0.508. The number of hydrogen-bond acceptors (Lipinski definition) is 6. The lowest BCUT2D eigenvalue weighted by atomic mass is 10.1. The fourth-order valence-corrected chi connectivity index (χ4v) is 2.27. The van der Waals surface area contributed by atoms with Crippen LogP contribution in [0.3, 0.4) is 0 Å². The largest absolute Gasteiger partial charge is 0.493 e. The number of methoxy groups -OCH3 is 4. The first-order chi connectivity index (χ1) is 12.0. The maximum absolute atomic E-state index is 11.1. The first-order valence-electron chi connectivity index (χ1n) is 7.26. The zero-order valence-corrected chi connectivity index (χ0v) is 14.4. The summed E-state index contributed by atoms with van der Waals surface area (Å²) in [7, 11) is 5.96. The number of hydrogen-bond donors (Lipinski definition) is 0. The summed E-state index contributed by atoms with van der Waals surface area (Å²) in [6, 6.07) is 9.34. The van der Waals surface area contributed by atoms with Crippen molar-refractivity contribution in [1.82, 2.24) is 0 Å². The number of ether oxygens (including phenoxy) is 4. The van der Waals surface area contributed by atoms with Gasteiger partial charge in [-0.25, -0.2) is 0 Å². The van der Waals surface area contributed by atoms with Crippen LogP contribution in [0.1, 0.15) is 11.1 Å². The van der Waals surface area contributed by atoms with Gasteiger partial charge in [-0.3, -0.25) is 10.1 Å². The molecule has 1 radical (unpaired) electrons. The third-order valence-electron chi connectivity index (χ3n) is 3.46. The lowest BCUT2D eigenvalue weighted by Gasteiger charge is -2.12. The van der Waals surface area contributed by atoms with Gasteiger partial charge < -0.3 is 18.9 Å². The summed E-state index contributed by atoms with van der Waals surface area (Å²) in [5.74, 6) is 1.63. The molecule has 0 saturated heterocycles. The second kappa shape index (κ2) is 8.05. The number of nitrogens with zero attached hydrogens (tertiary/aromatic N) is 1. The molecular formula is C18H18NO6. The van der Waals surface area contributed by atoms with Crippen molar-refractivity contribution in [3.63, 3.8) is 0 Å². The van der Waals surface area contributed by atoms with Crippen LogP contribution in [0.4, 0.5) is 5.69 Å². The molecule has 0 aliphatic rings. The average molecular weight is 344 g/mol. The predicted molar refractivity (Wildman–Crippen MR) is 93.5 cm³/mol. The highest BCUT2D eigenvalue weighted by atomic mass is 16.6. The molecule has 7 nitrogen and oxygen atoms in total. The summed E-state index contributed by atoms with van der Waals surface area (Å²) >= 11 is 0. The van der Waals surface area contributed by atoms with E-state index in [4.69, 9.17) is 18.9 Å². The molecule has 0 atom stereocenters. The SMILES string of the molecule is COc1[c]cc(/C=C/c2cc(OC)c(OC)c(OC)c2)cc1[N+](=O)[O-]. The van der Waals surface area contributed by atoms with E-state index >= 15 is 0 Å². The number of nitro groups is 1. The molecule has 0 aliphatic carbocycles. The van der Waals surface area contributed by atoms with Gasteiger partial charge in [-0.1, -0.05) is 12.2 Å². The summed E-state index contributed by atoms with van der Waals surface area (Å²) in [6.45, 7) is 0. The van der Waals surface area contributed by atoms with Gasteiger partial charge in [0.05, 0.1) is 33.4 Å². The highest BCUT2D eigenvalue weighted by molar-refractivity contribution is 5.74. The number of benzene rings is 2. The molecule has 2 aromatic carbocycles. The Morgan fingerprint density at radius 1 is 0.920 bits per heavy atom. The molecule has 7 heteroatoms. The maximum Gasteiger partial charge on any atom is 0.312 e. The minimum Gasteiger partial charge on any atom is -0.493 e. The minimum absolute atomic E-state index is 0.0925. The summed E-state index contributed by atoms with van der Waals surface area (Å²) in [6.07, 6.45) is 3.51. The Morgan fingerprint density at radius 2 is 1.52 bits per heavy atom. The predicted octanol–water partition coefficient (Wildman–Crippen LogP) is 3.60. The van der Waals surface area contributed by atoms with Gasteiger partial charge in [-0.05, 0) is 29.3 Å². The summed E-state index contributed by atoms with van der Waals surface area (Å²) in [5.41, 5.74) is 1.25. The molecular weight excluding hydrogens is 326 g/mol. The quantitative estimate of drug-likeness (QED) is 0.434. The van der Waals surface area contributed by atoms with Gasteiger partial charge in [0.15, 0.2) is 11.5 Å². The molecule has 131 valence electrons. The first kappa shape index (κ1) is 18.1. The highest BCUT2D eigenvalue weighted by Crippen LogP contribution is 2.38. The molecule has 0 aromatic heterocycles. The molecule has 0 fully saturated rings. The third kappa shape index (κ3) is 4.00. The van der Waals surface area contributed by atoms with Crippen molar-refractivity contribution in [2.75, 3.05) is 28.4 Å². The van der Waals surface area contributed by atoms with Crippen LogP contribution in [-0.2, 0) is 0 Å². The van der Waals surface area contributed by atoms with E-state index in [0.717, 1.165) is 5.56 Å². The highest BCUT2D eigenvalue weighted by Gasteiger charge is 2.15. The van der Waals surface area contributed by atoms with Crippen LogP contribution >= 0.6 is 0 Å². The van der Waals surface area contributed by atoms with E-state index < -0.39 is 4.92 Å². The van der Waals surface area contributed by atoms with Gasteiger partial charge in [-0.2, -0.15) is 0 Å². The normalized spacial score (nSPS) is 10.6. The van der Waals surface area contributed by atoms with Crippen LogP contribution in [0.2, 0.25) is 0 Å². The van der Waals surface area contributed by atoms with Crippen molar-refractivity contribution in [2.45, 2.75) is 0 Å².